The Bertz CT molecular complexity index is 367. The summed E-state index contributed by atoms with van der Waals surface area (Å²) in [7, 11) is 1.47. The number of benzene rings is 1. The van der Waals surface area contributed by atoms with Gasteiger partial charge in [-0.25, -0.2) is 5.48 Å². The van der Waals surface area contributed by atoms with Gasteiger partial charge < -0.3 is 4.90 Å². The minimum Gasteiger partial charge on any atom is -0.359 e. The van der Waals surface area contributed by atoms with Gasteiger partial charge in [0.05, 0.1) is 7.11 Å². The van der Waals surface area contributed by atoms with Crippen molar-refractivity contribution in [1.82, 2.24) is 5.48 Å². The number of nitrogens with one attached hydrogen (secondary N) is 1. The van der Waals surface area contributed by atoms with Crippen LogP contribution in [0.15, 0.2) is 30.3 Å². The molecule has 1 amide bonds. The lowest BCUT2D eigenvalue weighted by Gasteiger charge is -2.36. The molecule has 1 heterocycles. The topological polar surface area (TPSA) is 41.6 Å². The fourth-order valence-electron chi connectivity index (χ4n) is 2.30. The first-order chi connectivity index (χ1) is 8.33. The summed E-state index contributed by atoms with van der Waals surface area (Å²) in [6, 6.07) is 9.94. The Morgan fingerprint density at radius 1 is 1.35 bits per heavy atom. The van der Waals surface area contributed by atoms with Crippen molar-refractivity contribution in [1.29, 1.82) is 0 Å². The Morgan fingerprint density at radius 3 is 2.82 bits per heavy atom. The summed E-state index contributed by atoms with van der Waals surface area (Å²) in [5, 5.41) is 0. The SMILES string of the molecule is CONC(=O)C1CCCCN1c1ccccc1. The summed E-state index contributed by atoms with van der Waals surface area (Å²) in [6.45, 7) is 0.922. The number of carbonyl (C=O) groups excluding carboxylic acids is 1. The van der Waals surface area contributed by atoms with E-state index in [0.717, 1.165) is 31.5 Å². The number of nitrogens with zero attached hydrogens (tertiary/aromatic N) is 1. The van der Waals surface area contributed by atoms with Crippen molar-refractivity contribution in [3.05, 3.63) is 30.3 Å². The van der Waals surface area contributed by atoms with Crippen molar-refractivity contribution in [3.63, 3.8) is 0 Å². The van der Waals surface area contributed by atoms with E-state index in [0.29, 0.717) is 0 Å². The van der Waals surface area contributed by atoms with Gasteiger partial charge in [-0.3, -0.25) is 9.63 Å². The Kier molecular flexibility index (Phi) is 3.98. The molecule has 0 radical (unpaired) electrons. The molecule has 2 rings (SSSR count). The zero-order chi connectivity index (χ0) is 12.1. The molecular weight excluding hydrogens is 216 g/mol. The molecule has 1 aromatic carbocycles. The van der Waals surface area contributed by atoms with E-state index in [1.54, 1.807) is 0 Å². The number of anilines is 1. The summed E-state index contributed by atoms with van der Waals surface area (Å²) >= 11 is 0. The van der Waals surface area contributed by atoms with Crippen molar-refractivity contribution in [3.8, 4) is 0 Å². The maximum atomic E-state index is 11.9. The van der Waals surface area contributed by atoms with E-state index in [4.69, 9.17) is 4.84 Å². The molecule has 0 spiro atoms. The number of para-hydroxylation sites is 1. The molecule has 17 heavy (non-hydrogen) atoms. The monoisotopic (exact) mass is 234 g/mol. The molecule has 0 aliphatic carbocycles. The first-order valence-electron chi connectivity index (χ1n) is 5.97. The van der Waals surface area contributed by atoms with Gasteiger partial charge in [-0.15, -0.1) is 0 Å². The van der Waals surface area contributed by atoms with Crippen LogP contribution in [0.3, 0.4) is 0 Å². The Hall–Kier alpha value is -1.55. The Balaban J connectivity index is 2.15. The van der Waals surface area contributed by atoms with Crippen molar-refractivity contribution in [2.24, 2.45) is 0 Å². The molecule has 1 fully saturated rings. The van der Waals surface area contributed by atoms with Crippen molar-refractivity contribution in [2.75, 3.05) is 18.6 Å². The second-order valence-corrected chi connectivity index (χ2v) is 4.21. The lowest BCUT2D eigenvalue weighted by Crippen LogP contribution is -2.49. The van der Waals surface area contributed by atoms with Crippen LogP contribution in [0.25, 0.3) is 0 Å². The summed E-state index contributed by atoms with van der Waals surface area (Å²) in [4.78, 5) is 18.8. The minimum absolute atomic E-state index is 0.0592. The van der Waals surface area contributed by atoms with Gasteiger partial charge in [0.1, 0.15) is 6.04 Å². The number of amides is 1. The van der Waals surface area contributed by atoms with Gasteiger partial charge in [0, 0.05) is 12.2 Å². The molecule has 1 atom stereocenters. The number of hydroxylamine groups is 1. The van der Waals surface area contributed by atoms with Crippen LogP contribution >= 0.6 is 0 Å². The van der Waals surface area contributed by atoms with E-state index in [1.165, 1.54) is 7.11 Å². The van der Waals surface area contributed by atoms with E-state index >= 15 is 0 Å². The third-order valence-corrected chi connectivity index (χ3v) is 3.10. The fraction of sp³-hybridized carbons (Fsp3) is 0.462. The molecule has 1 aromatic rings. The number of rotatable bonds is 3. The molecule has 1 saturated heterocycles. The molecule has 1 aliphatic heterocycles. The van der Waals surface area contributed by atoms with Crippen LogP contribution in [-0.2, 0) is 9.63 Å². The predicted molar refractivity (Wildman–Crippen MR) is 66.6 cm³/mol. The van der Waals surface area contributed by atoms with Crippen LogP contribution in [0.2, 0.25) is 0 Å². The largest absolute Gasteiger partial charge is 0.359 e. The van der Waals surface area contributed by atoms with E-state index in [2.05, 4.69) is 10.4 Å². The van der Waals surface area contributed by atoms with Gasteiger partial charge in [0.15, 0.2) is 0 Å². The number of carbonyl (C=O) groups is 1. The molecule has 4 nitrogen and oxygen atoms in total. The van der Waals surface area contributed by atoms with Gasteiger partial charge in [0.25, 0.3) is 5.91 Å². The van der Waals surface area contributed by atoms with Gasteiger partial charge in [-0.1, -0.05) is 18.2 Å². The van der Waals surface area contributed by atoms with Crippen molar-refractivity contribution in [2.45, 2.75) is 25.3 Å². The van der Waals surface area contributed by atoms with E-state index in [-0.39, 0.29) is 11.9 Å². The second kappa shape index (κ2) is 5.68. The fourth-order valence-corrected chi connectivity index (χ4v) is 2.30. The van der Waals surface area contributed by atoms with Crippen LogP contribution in [-0.4, -0.2) is 25.6 Å². The first kappa shape index (κ1) is 11.9. The van der Waals surface area contributed by atoms with E-state index in [1.807, 2.05) is 30.3 Å². The third kappa shape index (κ3) is 2.77. The Morgan fingerprint density at radius 2 is 2.12 bits per heavy atom. The average molecular weight is 234 g/mol. The molecular formula is C13H18N2O2. The second-order valence-electron chi connectivity index (χ2n) is 4.21. The molecule has 0 saturated carbocycles. The Labute approximate surface area is 102 Å². The molecule has 4 heteroatoms. The quantitative estimate of drug-likeness (QED) is 0.810. The zero-order valence-corrected chi connectivity index (χ0v) is 10.1. The number of piperidine rings is 1. The highest BCUT2D eigenvalue weighted by molar-refractivity contribution is 5.84. The summed E-state index contributed by atoms with van der Waals surface area (Å²) in [6.07, 6.45) is 3.10. The molecule has 1 aliphatic rings. The van der Waals surface area contributed by atoms with Crippen LogP contribution < -0.4 is 10.4 Å². The normalized spacial score (nSPS) is 20.1. The standard InChI is InChI=1S/C13H18N2O2/c1-17-14-13(16)12-9-5-6-10-15(12)11-7-3-2-4-8-11/h2-4,7-8,12H,5-6,9-10H2,1H3,(H,14,16). The maximum absolute atomic E-state index is 11.9. The highest BCUT2D eigenvalue weighted by atomic mass is 16.6. The van der Waals surface area contributed by atoms with Gasteiger partial charge in [0.2, 0.25) is 0 Å². The summed E-state index contributed by atoms with van der Waals surface area (Å²) in [5.74, 6) is -0.0592. The molecule has 0 aromatic heterocycles. The molecule has 0 bridgehead atoms. The van der Waals surface area contributed by atoms with Gasteiger partial charge in [-0.2, -0.15) is 0 Å². The first-order valence-corrected chi connectivity index (χ1v) is 5.97. The molecule has 1 unspecified atom stereocenters. The highest BCUT2D eigenvalue weighted by Gasteiger charge is 2.28. The van der Waals surface area contributed by atoms with Crippen LogP contribution in [0, 0.1) is 0 Å². The predicted octanol–water partition coefficient (Wildman–Crippen LogP) is 1.72. The third-order valence-electron chi connectivity index (χ3n) is 3.10. The molecule has 92 valence electrons. The van der Waals surface area contributed by atoms with Gasteiger partial charge >= 0.3 is 0 Å². The van der Waals surface area contributed by atoms with E-state index < -0.39 is 0 Å². The minimum atomic E-state index is -0.119. The molecule has 1 N–H and O–H groups in total. The lowest BCUT2D eigenvalue weighted by molar-refractivity contribution is -0.133. The summed E-state index contributed by atoms with van der Waals surface area (Å²) < 4.78 is 0. The average Bonchev–Trinajstić information content (AvgIpc) is 2.40. The van der Waals surface area contributed by atoms with Crippen molar-refractivity contribution >= 4 is 11.6 Å². The highest BCUT2D eigenvalue weighted by Crippen LogP contribution is 2.24. The van der Waals surface area contributed by atoms with Crippen molar-refractivity contribution < 1.29 is 9.63 Å². The maximum Gasteiger partial charge on any atom is 0.266 e. The van der Waals surface area contributed by atoms with Crippen LogP contribution in [0.5, 0.6) is 0 Å². The zero-order valence-electron chi connectivity index (χ0n) is 10.1. The smallest absolute Gasteiger partial charge is 0.266 e. The van der Waals surface area contributed by atoms with Crippen LogP contribution in [0.1, 0.15) is 19.3 Å². The lowest BCUT2D eigenvalue weighted by atomic mass is 10.0. The summed E-state index contributed by atoms with van der Waals surface area (Å²) in [5.41, 5.74) is 3.53. The van der Waals surface area contributed by atoms with Gasteiger partial charge in [-0.05, 0) is 31.4 Å². The van der Waals surface area contributed by atoms with Crippen LogP contribution in [0.4, 0.5) is 5.69 Å². The number of hydrogen-bond donors (Lipinski definition) is 1. The number of hydrogen-bond acceptors (Lipinski definition) is 3. The van der Waals surface area contributed by atoms with E-state index in [9.17, 15) is 4.79 Å².